The van der Waals surface area contributed by atoms with Crippen LogP contribution >= 0.6 is 0 Å². The Bertz CT molecular complexity index is 286. The van der Waals surface area contributed by atoms with Gasteiger partial charge in [-0.15, -0.1) is 0 Å². The smallest absolute Gasteiger partial charge is 0.222 e. The summed E-state index contributed by atoms with van der Waals surface area (Å²) in [6.07, 6.45) is 7.33. The Morgan fingerprint density at radius 1 is 1.33 bits per heavy atom. The Kier molecular flexibility index (Phi) is 7.43. The minimum Gasteiger partial charge on any atom is -0.360 e. The number of unbranched alkanes of at least 4 members (excludes halogenated alkanes) is 5. The summed E-state index contributed by atoms with van der Waals surface area (Å²) in [4.78, 5) is 13.7. The number of rotatable bonds is 7. The number of hydrogen-bond acceptors (Lipinski definition) is 3. The minimum atomic E-state index is -0.438. The van der Waals surface area contributed by atoms with Crippen LogP contribution in [0.25, 0.3) is 0 Å². The van der Waals surface area contributed by atoms with Crippen molar-refractivity contribution in [2.75, 3.05) is 19.7 Å². The zero-order chi connectivity index (χ0) is 13.2. The van der Waals surface area contributed by atoms with Crippen molar-refractivity contribution in [3.63, 3.8) is 0 Å². The molecule has 18 heavy (non-hydrogen) atoms. The first-order chi connectivity index (χ1) is 8.77. The maximum Gasteiger partial charge on any atom is 0.222 e. The lowest BCUT2D eigenvalue weighted by atomic mass is 10.1. The lowest BCUT2D eigenvalue weighted by Gasteiger charge is -2.29. The van der Waals surface area contributed by atoms with Gasteiger partial charge in [0.1, 0.15) is 0 Å². The molecule has 0 aliphatic carbocycles. The second kappa shape index (κ2) is 8.93. The first kappa shape index (κ1) is 15.0. The van der Waals surface area contributed by atoms with Crippen LogP contribution in [0, 0.1) is 11.3 Å². The second-order valence-corrected chi connectivity index (χ2v) is 4.85. The average Bonchev–Trinajstić information content (AvgIpc) is 2.42. The molecule has 1 aliphatic heterocycles. The topological polar surface area (TPSA) is 53.3 Å². The highest BCUT2D eigenvalue weighted by Crippen LogP contribution is 2.11. The largest absolute Gasteiger partial charge is 0.360 e. The molecule has 1 amide bonds. The third-order valence-corrected chi connectivity index (χ3v) is 3.31. The summed E-state index contributed by atoms with van der Waals surface area (Å²) in [5.41, 5.74) is 0. The lowest BCUT2D eigenvalue weighted by molar-refractivity contribution is -0.137. The van der Waals surface area contributed by atoms with Crippen LogP contribution in [0.1, 0.15) is 51.9 Å². The van der Waals surface area contributed by atoms with E-state index in [2.05, 4.69) is 13.0 Å². The molecule has 1 aliphatic rings. The Balaban J connectivity index is 2.11. The molecule has 0 radical (unpaired) electrons. The molecular formula is C14H24N2O2. The third-order valence-electron chi connectivity index (χ3n) is 3.31. The number of nitriles is 1. The maximum absolute atomic E-state index is 11.9. The average molecular weight is 252 g/mol. The fourth-order valence-corrected chi connectivity index (χ4v) is 2.17. The molecule has 0 N–H and O–H groups in total. The number of carbonyl (C=O) groups is 1. The molecule has 102 valence electrons. The van der Waals surface area contributed by atoms with Crippen molar-refractivity contribution in [3.05, 3.63) is 0 Å². The maximum atomic E-state index is 11.9. The van der Waals surface area contributed by atoms with Crippen LogP contribution in [0.15, 0.2) is 0 Å². The Labute approximate surface area is 110 Å². The van der Waals surface area contributed by atoms with Crippen molar-refractivity contribution < 1.29 is 9.53 Å². The van der Waals surface area contributed by atoms with Gasteiger partial charge in [0.25, 0.3) is 0 Å². The monoisotopic (exact) mass is 252 g/mol. The highest BCUT2D eigenvalue weighted by molar-refractivity contribution is 5.76. The zero-order valence-electron chi connectivity index (χ0n) is 11.4. The van der Waals surface area contributed by atoms with E-state index < -0.39 is 6.10 Å². The van der Waals surface area contributed by atoms with Gasteiger partial charge in [-0.05, 0) is 6.42 Å². The van der Waals surface area contributed by atoms with Gasteiger partial charge in [0, 0.05) is 13.0 Å². The van der Waals surface area contributed by atoms with Crippen molar-refractivity contribution in [1.82, 2.24) is 4.90 Å². The van der Waals surface area contributed by atoms with Crippen molar-refractivity contribution in [2.24, 2.45) is 0 Å². The summed E-state index contributed by atoms with van der Waals surface area (Å²) >= 11 is 0. The summed E-state index contributed by atoms with van der Waals surface area (Å²) in [6.45, 7) is 3.76. The summed E-state index contributed by atoms with van der Waals surface area (Å²) < 4.78 is 5.22. The van der Waals surface area contributed by atoms with E-state index in [1.807, 2.05) is 0 Å². The first-order valence-corrected chi connectivity index (χ1v) is 7.07. The van der Waals surface area contributed by atoms with Crippen LogP contribution in [-0.4, -0.2) is 36.6 Å². The van der Waals surface area contributed by atoms with Crippen molar-refractivity contribution >= 4 is 5.91 Å². The number of carbonyl (C=O) groups excluding carboxylic acids is 1. The van der Waals surface area contributed by atoms with Crippen molar-refractivity contribution in [2.45, 2.75) is 58.0 Å². The summed E-state index contributed by atoms with van der Waals surface area (Å²) in [6, 6.07) is 2.06. The van der Waals surface area contributed by atoms with Crippen LogP contribution in [0.4, 0.5) is 0 Å². The fourth-order valence-electron chi connectivity index (χ4n) is 2.17. The van der Waals surface area contributed by atoms with Gasteiger partial charge in [-0.3, -0.25) is 4.79 Å². The Morgan fingerprint density at radius 2 is 2.06 bits per heavy atom. The molecule has 4 nitrogen and oxygen atoms in total. The predicted molar refractivity (Wildman–Crippen MR) is 69.9 cm³/mol. The Morgan fingerprint density at radius 3 is 2.78 bits per heavy atom. The highest BCUT2D eigenvalue weighted by atomic mass is 16.5. The molecule has 1 fully saturated rings. The molecule has 0 bridgehead atoms. The molecule has 4 heteroatoms. The van der Waals surface area contributed by atoms with E-state index in [0.29, 0.717) is 26.1 Å². The van der Waals surface area contributed by atoms with Crippen molar-refractivity contribution in [1.29, 1.82) is 5.26 Å². The fraction of sp³-hybridized carbons (Fsp3) is 0.857. The van der Waals surface area contributed by atoms with Gasteiger partial charge < -0.3 is 9.64 Å². The van der Waals surface area contributed by atoms with E-state index in [1.165, 1.54) is 25.7 Å². The summed E-state index contributed by atoms with van der Waals surface area (Å²) in [5, 5.41) is 8.77. The molecule has 1 atom stereocenters. The summed E-state index contributed by atoms with van der Waals surface area (Å²) in [7, 11) is 0. The molecule has 0 saturated carbocycles. The van der Waals surface area contributed by atoms with E-state index in [-0.39, 0.29) is 5.91 Å². The molecule has 0 aromatic carbocycles. The van der Waals surface area contributed by atoms with Crippen molar-refractivity contribution in [3.8, 4) is 6.07 Å². The van der Waals surface area contributed by atoms with Gasteiger partial charge in [0.15, 0.2) is 6.10 Å². The molecule has 0 aromatic heterocycles. The van der Waals surface area contributed by atoms with Crippen LogP contribution < -0.4 is 0 Å². The highest BCUT2D eigenvalue weighted by Gasteiger charge is 2.23. The van der Waals surface area contributed by atoms with Gasteiger partial charge in [0.2, 0.25) is 5.91 Å². The van der Waals surface area contributed by atoms with Gasteiger partial charge in [-0.2, -0.15) is 5.26 Å². The van der Waals surface area contributed by atoms with Gasteiger partial charge in [-0.1, -0.05) is 39.0 Å². The van der Waals surface area contributed by atoms with Crippen LogP contribution in [0.5, 0.6) is 0 Å². The van der Waals surface area contributed by atoms with E-state index in [9.17, 15) is 4.79 Å². The number of amides is 1. The lowest BCUT2D eigenvalue weighted by Crippen LogP contribution is -2.45. The van der Waals surface area contributed by atoms with E-state index >= 15 is 0 Å². The summed E-state index contributed by atoms with van der Waals surface area (Å²) in [5.74, 6) is 0.175. The molecule has 1 rings (SSSR count). The van der Waals surface area contributed by atoms with Gasteiger partial charge >= 0.3 is 0 Å². The second-order valence-electron chi connectivity index (χ2n) is 4.85. The molecule has 0 spiro atoms. The van der Waals surface area contributed by atoms with E-state index in [1.54, 1.807) is 4.90 Å². The molecule has 0 aromatic rings. The number of hydrogen-bond donors (Lipinski definition) is 0. The zero-order valence-corrected chi connectivity index (χ0v) is 11.4. The molecular weight excluding hydrogens is 228 g/mol. The number of nitrogens with zero attached hydrogens (tertiary/aromatic N) is 2. The minimum absolute atomic E-state index is 0.175. The molecule has 1 unspecified atom stereocenters. The number of ether oxygens (including phenoxy) is 1. The van der Waals surface area contributed by atoms with Crippen LogP contribution in [0.2, 0.25) is 0 Å². The van der Waals surface area contributed by atoms with Gasteiger partial charge in [-0.25, -0.2) is 0 Å². The third kappa shape index (κ3) is 5.50. The normalized spacial score (nSPS) is 19.6. The Hall–Kier alpha value is -1.08. The standard InChI is InChI=1S/C14H24N2O2/c1-2-3-4-5-6-7-8-14(17)16-9-10-18-13(11-15)12-16/h13H,2-10,12H2,1H3. The van der Waals surface area contributed by atoms with Crippen LogP contribution in [-0.2, 0) is 9.53 Å². The predicted octanol–water partition coefficient (Wildman–Crippen LogP) is 2.49. The molecule has 1 heterocycles. The van der Waals surface area contributed by atoms with E-state index in [4.69, 9.17) is 10.00 Å². The van der Waals surface area contributed by atoms with Crippen LogP contribution in [0.3, 0.4) is 0 Å². The number of morpholine rings is 1. The van der Waals surface area contributed by atoms with Gasteiger partial charge in [0.05, 0.1) is 19.2 Å². The van der Waals surface area contributed by atoms with E-state index in [0.717, 1.165) is 12.8 Å². The quantitative estimate of drug-likeness (QED) is 0.654. The molecule has 1 saturated heterocycles. The first-order valence-electron chi connectivity index (χ1n) is 7.07. The SMILES string of the molecule is CCCCCCCCC(=O)N1CCOC(C#N)C1.